The smallest absolute Gasteiger partial charge is 0.415 e. The van der Waals surface area contributed by atoms with Gasteiger partial charge in [0.25, 0.3) is 0 Å². The lowest BCUT2D eigenvalue weighted by atomic mass is 10.2. The van der Waals surface area contributed by atoms with Crippen LogP contribution in [0.5, 0.6) is 0 Å². The summed E-state index contributed by atoms with van der Waals surface area (Å²) in [6.45, 7) is 9.93. The summed E-state index contributed by atoms with van der Waals surface area (Å²) in [5.74, 6) is -1.29. The Morgan fingerprint density at radius 2 is 1.65 bits per heavy atom. The number of pyridine rings is 1. The number of halogens is 1. The number of amides is 1. The number of carbonyl (C=O) groups is 2. The maximum absolute atomic E-state index is 13.0. The van der Waals surface area contributed by atoms with Crippen LogP contribution in [0.15, 0.2) is 18.3 Å². The van der Waals surface area contributed by atoms with Gasteiger partial charge in [-0.25, -0.2) is 9.78 Å². The van der Waals surface area contributed by atoms with E-state index in [1.807, 2.05) is 0 Å². The maximum Gasteiger partial charge on any atom is 0.415 e. The van der Waals surface area contributed by atoms with Gasteiger partial charge in [-0.05, 0) is 53.7 Å². The molecule has 1 aromatic heterocycles. The standard InChI is InChI=1S/C16H23FN2O4/c1-15(2,3)22-13(20)10-19(14(21)23-16(4,5)6)11-7-8-12(17)18-9-11/h7-9H,10H2,1-6H3. The second kappa shape index (κ2) is 6.93. The lowest BCUT2D eigenvalue weighted by Gasteiger charge is -2.28. The molecule has 0 aromatic carbocycles. The average Bonchev–Trinajstić information content (AvgIpc) is 2.33. The van der Waals surface area contributed by atoms with E-state index < -0.39 is 29.2 Å². The number of aromatic nitrogens is 1. The maximum atomic E-state index is 13.0. The van der Waals surface area contributed by atoms with Gasteiger partial charge in [-0.2, -0.15) is 4.39 Å². The molecule has 0 aliphatic rings. The highest BCUT2D eigenvalue weighted by Crippen LogP contribution is 2.18. The predicted octanol–water partition coefficient (Wildman–Crippen LogP) is 3.30. The van der Waals surface area contributed by atoms with Crippen LogP contribution in [0.1, 0.15) is 41.5 Å². The molecule has 0 aliphatic heterocycles. The number of nitrogens with zero attached hydrogens (tertiary/aromatic N) is 2. The van der Waals surface area contributed by atoms with Gasteiger partial charge in [0.05, 0.1) is 11.9 Å². The van der Waals surface area contributed by atoms with Crippen LogP contribution < -0.4 is 4.90 Å². The molecule has 0 radical (unpaired) electrons. The molecule has 0 aliphatic carbocycles. The Balaban J connectivity index is 2.99. The number of carbonyl (C=O) groups excluding carboxylic acids is 2. The molecule has 0 unspecified atom stereocenters. The molecule has 0 spiro atoms. The van der Waals surface area contributed by atoms with Crippen molar-refractivity contribution in [3.63, 3.8) is 0 Å². The summed E-state index contributed by atoms with van der Waals surface area (Å²) < 4.78 is 23.5. The van der Waals surface area contributed by atoms with E-state index in [-0.39, 0.29) is 12.2 Å². The first-order chi connectivity index (χ1) is 10.4. The summed E-state index contributed by atoms with van der Waals surface area (Å²) in [7, 11) is 0. The topological polar surface area (TPSA) is 68.7 Å². The van der Waals surface area contributed by atoms with Crippen LogP contribution in [0.3, 0.4) is 0 Å². The normalized spacial score (nSPS) is 11.8. The molecule has 0 fully saturated rings. The van der Waals surface area contributed by atoms with Crippen LogP contribution in [-0.2, 0) is 14.3 Å². The van der Waals surface area contributed by atoms with E-state index >= 15 is 0 Å². The predicted molar refractivity (Wildman–Crippen MR) is 83.6 cm³/mol. The van der Waals surface area contributed by atoms with Gasteiger partial charge < -0.3 is 9.47 Å². The van der Waals surface area contributed by atoms with Crippen molar-refractivity contribution in [1.82, 2.24) is 4.98 Å². The van der Waals surface area contributed by atoms with E-state index in [9.17, 15) is 14.0 Å². The van der Waals surface area contributed by atoms with Gasteiger partial charge >= 0.3 is 12.1 Å². The van der Waals surface area contributed by atoms with Crippen LogP contribution in [0.2, 0.25) is 0 Å². The Morgan fingerprint density at radius 1 is 1.09 bits per heavy atom. The quantitative estimate of drug-likeness (QED) is 0.629. The first-order valence-electron chi connectivity index (χ1n) is 7.21. The van der Waals surface area contributed by atoms with Gasteiger partial charge in [0, 0.05) is 0 Å². The number of anilines is 1. The van der Waals surface area contributed by atoms with Crippen molar-refractivity contribution in [2.24, 2.45) is 0 Å². The van der Waals surface area contributed by atoms with E-state index in [2.05, 4.69) is 4.98 Å². The molecule has 0 N–H and O–H groups in total. The van der Waals surface area contributed by atoms with E-state index in [0.717, 1.165) is 17.2 Å². The highest BCUT2D eigenvalue weighted by Gasteiger charge is 2.27. The molecule has 1 aromatic rings. The Bertz CT molecular complexity index is 559. The molecule has 1 rings (SSSR count). The second-order valence-corrected chi connectivity index (χ2v) is 6.99. The summed E-state index contributed by atoms with van der Waals surface area (Å²) in [5.41, 5.74) is -1.18. The van der Waals surface area contributed by atoms with Gasteiger partial charge in [0.1, 0.15) is 17.7 Å². The monoisotopic (exact) mass is 326 g/mol. The van der Waals surface area contributed by atoms with Crippen molar-refractivity contribution >= 4 is 17.7 Å². The minimum atomic E-state index is -0.739. The summed E-state index contributed by atoms with van der Waals surface area (Å²) in [6, 6.07) is 2.44. The van der Waals surface area contributed by atoms with Crippen LogP contribution in [-0.4, -0.2) is 34.8 Å². The zero-order valence-electron chi connectivity index (χ0n) is 14.3. The molecular formula is C16H23FN2O4. The van der Waals surface area contributed by atoms with E-state index in [0.29, 0.717) is 0 Å². The van der Waals surface area contributed by atoms with E-state index in [1.54, 1.807) is 41.5 Å². The fourth-order valence-electron chi connectivity index (χ4n) is 1.61. The lowest BCUT2D eigenvalue weighted by molar-refractivity contribution is -0.153. The molecule has 6 nitrogen and oxygen atoms in total. The van der Waals surface area contributed by atoms with Gasteiger partial charge in [0.2, 0.25) is 5.95 Å². The van der Waals surface area contributed by atoms with Crippen molar-refractivity contribution in [2.45, 2.75) is 52.7 Å². The van der Waals surface area contributed by atoms with Crippen molar-refractivity contribution < 1.29 is 23.5 Å². The number of hydrogen-bond acceptors (Lipinski definition) is 5. The largest absolute Gasteiger partial charge is 0.459 e. The lowest BCUT2D eigenvalue weighted by Crippen LogP contribution is -2.42. The minimum Gasteiger partial charge on any atom is -0.459 e. The molecule has 1 heterocycles. The first kappa shape index (κ1) is 18.9. The molecule has 0 saturated carbocycles. The molecule has 0 atom stereocenters. The first-order valence-corrected chi connectivity index (χ1v) is 7.21. The molecule has 1 amide bonds. The average molecular weight is 326 g/mol. The Hall–Kier alpha value is -2.18. The van der Waals surface area contributed by atoms with Crippen LogP contribution in [0.4, 0.5) is 14.9 Å². The zero-order valence-corrected chi connectivity index (χ0v) is 14.3. The third kappa shape index (κ3) is 7.08. The van der Waals surface area contributed by atoms with Crippen LogP contribution in [0.25, 0.3) is 0 Å². The Morgan fingerprint density at radius 3 is 2.09 bits per heavy atom. The van der Waals surface area contributed by atoms with Crippen molar-refractivity contribution in [3.05, 3.63) is 24.3 Å². The van der Waals surface area contributed by atoms with Gasteiger partial charge in [0.15, 0.2) is 0 Å². The molecule has 23 heavy (non-hydrogen) atoms. The molecule has 7 heteroatoms. The van der Waals surface area contributed by atoms with Gasteiger partial charge in [-0.1, -0.05) is 0 Å². The zero-order chi connectivity index (χ0) is 17.8. The van der Waals surface area contributed by atoms with Gasteiger partial charge in [-0.3, -0.25) is 9.69 Å². The summed E-state index contributed by atoms with van der Waals surface area (Å²) in [4.78, 5) is 28.9. The van der Waals surface area contributed by atoms with Crippen molar-refractivity contribution in [1.29, 1.82) is 0 Å². The number of hydrogen-bond donors (Lipinski definition) is 0. The number of rotatable bonds is 3. The Kier molecular flexibility index (Phi) is 5.69. The van der Waals surface area contributed by atoms with Gasteiger partial charge in [-0.15, -0.1) is 0 Å². The highest BCUT2D eigenvalue weighted by atomic mass is 19.1. The summed E-state index contributed by atoms with van der Waals surface area (Å²) in [5, 5.41) is 0. The highest BCUT2D eigenvalue weighted by molar-refractivity contribution is 5.93. The number of ether oxygens (including phenoxy) is 2. The third-order valence-electron chi connectivity index (χ3n) is 2.34. The molecule has 128 valence electrons. The van der Waals surface area contributed by atoms with Crippen LogP contribution in [0, 0.1) is 5.95 Å². The van der Waals surface area contributed by atoms with E-state index in [4.69, 9.17) is 9.47 Å². The fourth-order valence-corrected chi connectivity index (χ4v) is 1.61. The van der Waals surface area contributed by atoms with Crippen molar-refractivity contribution in [3.8, 4) is 0 Å². The fraction of sp³-hybridized carbons (Fsp3) is 0.562. The summed E-state index contributed by atoms with van der Waals surface area (Å²) in [6.07, 6.45) is 0.417. The van der Waals surface area contributed by atoms with E-state index in [1.165, 1.54) is 6.07 Å². The van der Waals surface area contributed by atoms with Crippen LogP contribution >= 0.6 is 0 Å². The minimum absolute atomic E-state index is 0.242. The molecular weight excluding hydrogens is 303 g/mol. The Labute approximate surface area is 135 Å². The number of esters is 1. The third-order valence-corrected chi connectivity index (χ3v) is 2.34. The second-order valence-electron chi connectivity index (χ2n) is 6.99. The molecule has 0 bridgehead atoms. The summed E-state index contributed by atoms with van der Waals surface area (Å²) >= 11 is 0. The van der Waals surface area contributed by atoms with Crippen molar-refractivity contribution in [2.75, 3.05) is 11.4 Å². The molecule has 0 saturated heterocycles. The SMILES string of the molecule is CC(C)(C)OC(=O)CN(C(=O)OC(C)(C)C)c1ccc(F)nc1.